The highest BCUT2D eigenvalue weighted by Gasteiger charge is 2.19. The predicted octanol–water partition coefficient (Wildman–Crippen LogP) is 2.54. The van der Waals surface area contributed by atoms with E-state index in [1.807, 2.05) is 13.8 Å². The van der Waals surface area contributed by atoms with Crippen LogP contribution in [0.1, 0.15) is 44.7 Å². The number of aromatic nitrogens is 2. The largest absolute Gasteiger partial charge is 0.384 e. The number of nitrogens with one attached hydrogen (secondary N) is 1. The molecule has 1 atom stereocenters. The molecule has 1 saturated carbocycles. The maximum Gasteiger partial charge on any atom is 0.233 e. The summed E-state index contributed by atoms with van der Waals surface area (Å²) in [4.78, 5) is 20.6. The second-order valence-corrected chi connectivity index (χ2v) is 7.03. The molecule has 21 heavy (non-hydrogen) atoms. The molecule has 0 radical (unpaired) electrons. The summed E-state index contributed by atoms with van der Waals surface area (Å²) >= 11 is 1.35. The summed E-state index contributed by atoms with van der Waals surface area (Å²) < 4.78 is 0. The quantitative estimate of drug-likeness (QED) is 0.645. The third-order valence-electron chi connectivity index (χ3n) is 3.79. The van der Waals surface area contributed by atoms with Gasteiger partial charge in [-0.05, 0) is 32.6 Å². The zero-order chi connectivity index (χ0) is 15.2. The summed E-state index contributed by atoms with van der Waals surface area (Å²) in [5.74, 6) is 1.14. The van der Waals surface area contributed by atoms with Crippen LogP contribution in [-0.4, -0.2) is 27.7 Å². The smallest absolute Gasteiger partial charge is 0.233 e. The number of hydrogen-bond acceptors (Lipinski definition) is 5. The summed E-state index contributed by atoms with van der Waals surface area (Å²) in [6.45, 7) is 4.54. The topological polar surface area (TPSA) is 80.9 Å². The summed E-state index contributed by atoms with van der Waals surface area (Å²) in [5.41, 5.74) is 6.52. The Hall–Kier alpha value is -1.30. The molecule has 2 rings (SSSR count). The van der Waals surface area contributed by atoms with Crippen LogP contribution in [0.25, 0.3) is 0 Å². The molecule has 1 fully saturated rings. The Bertz CT molecular complexity index is 468. The van der Waals surface area contributed by atoms with Gasteiger partial charge in [0.05, 0.1) is 5.25 Å². The average Bonchev–Trinajstić information content (AvgIpc) is 2.44. The van der Waals surface area contributed by atoms with Crippen molar-refractivity contribution in [2.24, 2.45) is 5.92 Å². The van der Waals surface area contributed by atoms with E-state index in [2.05, 4.69) is 15.3 Å². The molecule has 116 valence electrons. The molecule has 0 saturated heterocycles. The lowest BCUT2D eigenvalue weighted by atomic mass is 9.89. The molecule has 1 aliphatic rings. The summed E-state index contributed by atoms with van der Waals surface area (Å²) in [7, 11) is 0. The van der Waals surface area contributed by atoms with E-state index in [0.717, 1.165) is 12.2 Å². The molecule has 5 nitrogen and oxygen atoms in total. The number of nitrogens with zero attached hydrogens (tertiary/aromatic N) is 2. The van der Waals surface area contributed by atoms with E-state index in [0.29, 0.717) is 16.9 Å². The first-order valence-electron chi connectivity index (χ1n) is 7.60. The molecule has 0 spiro atoms. The maximum atomic E-state index is 12.1. The van der Waals surface area contributed by atoms with Gasteiger partial charge in [-0.1, -0.05) is 31.0 Å². The Balaban J connectivity index is 1.81. The third-order valence-corrected chi connectivity index (χ3v) is 4.76. The maximum absolute atomic E-state index is 12.1. The van der Waals surface area contributed by atoms with Crippen LogP contribution < -0.4 is 11.1 Å². The van der Waals surface area contributed by atoms with Crippen molar-refractivity contribution in [3.8, 4) is 0 Å². The zero-order valence-electron chi connectivity index (χ0n) is 12.8. The van der Waals surface area contributed by atoms with E-state index in [9.17, 15) is 4.79 Å². The third kappa shape index (κ3) is 5.19. The Morgan fingerprint density at radius 2 is 2.14 bits per heavy atom. The molecule has 0 aliphatic heterocycles. The van der Waals surface area contributed by atoms with Crippen molar-refractivity contribution >= 4 is 23.5 Å². The fourth-order valence-electron chi connectivity index (χ4n) is 2.61. The Morgan fingerprint density at radius 1 is 1.43 bits per heavy atom. The number of anilines is 1. The Kier molecular flexibility index (Phi) is 5.85. The average molecular weight is 308 g/mol. The van der Waals surface area contributed by atoms with Gasteiger partial charge in [0.1, 0.15) is 5.82 Å². The monoisotopic (exact) mass is 308 g/mol. The van der Waals surface area contributed by atoms with Gasteiger partial charge in [-0.15, -0.1) is 0 Å². The minimum absolute atomic E-state index is 0.0502. The van der Waals surface area contributed by atoms with Gasteiger partial charge >= 0.3 is 0 Å². The van der Waals surface area contributed by atoms with Crippen molar-refractivity contribution in [2.75, 3.05) is 12.3 Å². The van der Waals surface area contributed by atoms with E-state index in [-0.39, 0.29) is 11.2 Å². The van der Waals surface area contributed by atoms with Crippen molar-refractivity contribution in [1.29, 1.82) is 0 Å². The second kappa shape index (κ2) is 7.64. The van der Waals surface area contributed by atoms with Gasteiger partial charge in [-0.3, -0.25) is 4.79 Å². The van der Waals surface area contributed by atoms with Crippen LogP contribution in [-0.2, 0) is 4.79 Å². The lowest BCUT2D eigenvalue weighted by molar-refractivity contribution is -0.120. The van der Waals surface area contributed by atoms with E-state index in [4.69, 9.17) is 5.73 Å². The predicted molar refractivity (Wildman–Crippen MR) is 86.1 cm³/mol. The second-order valence-electron chi connectivity index (χ2n) is 5.73. The first-order chi connectivity index (χ1) is 10.0. The first-order valence-corrected chi connectivity index (χ1v) is 8.48. The van der Waals surface area contributed by atoms with Crippen LogP contribution in [0.2, 0.25) is 0 Å². The minimum Gasteiger partial charge on any atom is -0.384 e. The summed E-state index contributed by atoms with van der Waals surface area (Å²) in [6, 6.07) is 1.72. The van der Waals surface area contributed by atoms with Crippen molar-refractivity contribution in [3.63, 3.8) is 0 Å². The number of hydrogen-bond donors (Lipinski definition) is 2. The number of amides is 1. The van der Waals surface area contributed by atoms with Crippen molar-refractivity contribution in [3.05, 3.63) is 11.8 Å². The lowest BCUT2D eigenvalue weighted by Gasteiger charge is -2.22. The van der Waals surface area contributed by atoms with E-state index in [1.54, 1.807) is 6.07 Å². The summed E-state index contributed by atoms with van der Waals surface area (Å²) in [5, 5.41) is 3.40. The summed E-state index contributed by atoms with van der Waals surface area (Å²) in [6.07, 6.45) is 6.39. The molecule has 1 amide bonds. The van der Waals surface area contributed by atoms with Crippen molar-refractivity contribution < 1.29 is 4.79 Å². The van der Waals surface area contributed by atoms with Gasteiger partial charge in [0, 0.05) is 18.3 Å². The van der Waals surface area contributed by atoms with E-state index in [1.165, 1.54) is 43.9 Å². The molecule has 6 heteroatoms. The normalized spacial score (nSPS) is 17.4. The number of nitrogens with two attached hydrogens (primary N) is 1. The molecular weight excluding hydrogens is 284 g/mol. The zero-order valence-corrected chi connectivity index (χ0v) is 13.6. The van der Waals surface area contributed by atoms with Gasteiger partial charge in [-0.2, -0.15) is 0 Å². The first kappa shape index (κ1) is 16.1. The Morgan fingerprint density at radius 3 is 2.81 bits per heavy atom. The molecule has 3 N–H and O–H groups in total. The molecule has 1 heterocycles. The SMILES string of the molecule is Cc1cc(N)nc(S[C@@H](C)C(=O)NCC2CCCCC2)n1. The number of carbonyl (C=O) groups is 1. The number of rotatable bonds is 5. The molecule has 0 unspecified atom stereocenters. The standard InChI is InChI=1S/C15H24N4OS/c1-10-8-13(16)19-15(18-10)21-11(2)14(20)17-9-12-6-4-3-5-7-12/h8,11-12H,3-7,9H2,1-2H3,(H,17,20)(H2,16,18,19)/t11-/m0/s1. The van der Waals surface area contributed by atoms with Crippen LogP contribution >= 0.6 is 11.8 Å². The molecule has 0 aromatic carbocycles. The number of thioether (sulfide) groups is 1. The molecular formula is C15H24N4OS. The molecule has 0 bridgehead atoms. The number of carbonyl (C=O) groups excluding carboxylic acids is 1. The van der Waals surface area contributed by atoms with E-state index < -0.39 is 0 Å². The fraction of sp³-hybridized carbons (Fsp3) is 0.667. The van der Waals surface area contributed by atoms with Gasteiger partial charge in [0.15, 0.2) is 5.16 Å². The fourth-order valence-corrected chi connectivity index (χ4v) is 3.47. The Labute approximate surface area is 130 Å². The lowest BCUT2D eigenvalue weighted by Crippen LogP contribution is -2.35. The van der Waals surface area contributed by atoms with Crippen molar-refractivity contribution in [2.45, 2.75) is 56.4 Å². The minimum atomic E-state index is -0.213. The van der Waals surface area contributed by atoms with Gasteiger partial charge in [-0.25, -0.2) is 9.97 Å². The van der Waals surface area contributed by atoms with Crippen molar-refractivity contribution in [1.82, 2.24) is 15.3 Å². The van der Waals surface area contributed by atoms with E-state index >= 15 is 0 Å². The van der Waals surface area contributed by atoms with Crippen LogP contribution in [0.4, 0.5) is 5.82 Å². The highest BCUT2D eigenvalue weighted by Crippen LogP contribution is 2.24. The molecule has 1 aliphatic carbocycles. The van der Waals surface area contributed by atoms with Crippen LogP contribution in [0.15, 0.2) is 11.2 Å². The highest BCUT2D eigenvalue weighted by atomic mass is 32.2. The van der Waals surface area contributed by atoms with Crippen LogP contribution in [0.5, 0.6) is 0 Å². The number of aryl methyl sites for hydroxylation is 1. The van der Waals surface area contributed by atoms with Gasteiger partial charge in [0.2, 0.25) is 5.91 Å². The van der Waals surface area contributed by atoms with Gasteiger partial charge < -0.3 is 11.1 Å². The van der Waals surface area contributed by atoms with Crippen LogP contribution in [0, 0.1) is 12.8 Å². The number of nitrogen functional groups attached to an aromatic ring is 1. The molecule has 1 aromatic rings. The van der Waals surface area contributed by atoms with Crippen LogP contribution in [0.3, 0.4) is 0 Å². The molecule has 1 aromatic heterocycles. The van der Waals surface area contributed by atoms with Gasteiger partial charge in [0.25, 0.3) is 0 Å². The highest BCUT2D eigenvalue weighted by molar-refractivity contribution is 8.00.